The van der Waals surface area contributed by atoms with Gasteiger partial charge in [-0.25, -0.2) is 0 Å². The molecule has 0 fully saturated rings. The van der Waals surface area contributed by atoms with Crippen molar-refractivity contribution in [3.8, 4) is 5.75 Å². The van der Waals surface area contributed by atoms with Crippen LogP contribution < -0.4 is 10.1 Å². The highest BCUT2D eigenvalue weighted by Gasteiger charge is 2.11. The van der Waals surface area contributed by atoms with E-state index in [2.05, 4.69) is 21.2 Å². The van der Waals surface area contributed by atoms with E-state index in [-0.39, 0.29) is 18.2 Å². The summed E-state index contributed by atoms with van der Waals surface area (Å²) in [5.41, 5.74) is 1.55. The molecule has 2 aromatic rings. The van der Waals surface area contributed by atoms with Gasteiger partial charge in [-0.2, -0.15) is 0 Å². The van der Waals surface area contributed by atoms with Crippen LogP contribution in [0.3, 0.4) is 0 Å². The Hall–Kier alpha value is -2.34. The van der Waals surface area contributed by atoms with Crippen LogP contribution in [0.5, 0.6) is 5.75 Å². The van der Waals surface area contributed by atoms with Gasteiger partial charge in [0.25, 0.3) is 5.91 Å². The second-order valence-electron chi connectivity index (χ2n) is 5.94. The first-order valence-electron chi connectivity index (χ1n) is 8.43. The van der Waals surface area contributed by atoms with E-state index in [1.807, 2.05) is 49.4 Å². The van der Waals surface area contributed by atoms with Crippen molar-refractivity contribution in [2.75, 3.05) is 26.7 Å². The predicted octanol–water partition coefficient (Wildman–Crippen LogP) is 3.41. The lowest BCUT2D eigenvalue weighted by atomic mass is 10.1. The van der Waals surface area contributed by atoms with Crippen molar-refractivity contribution in [2.24, 2.45) is 0 Å². The van der Waals surface area contributed by atoms with Crippen molar-refractivity contribution < 1.29 is 14.3 Å². The molecule has 0 aliphatic carbocycles. The third kappa shape index (κ3) is 6.19. The number of aryl methyl sites for hydroxylation is 1. The number of carbonyl (C=O) groups is 2. The van der Waals surface area contributed by atoms with Gasteiger partial charge >= 0.3 is 0 Å². The molecular formula is C20H23BrN2O3. The summed E-state index contributed by atoms with van der Waals surface area (Å²) in [5.74, 6) is 0.575. The summed E-state index contributed by atoms with van der Waals surface area (Å²) < 4.78 is 6.60. The summed E-state index contributed by atoms with van der Waals surface area (Å²) in [6.45, 7) is 3.10. The van der Waals surface area contributed by atoms with Crippen LogP contribution in [-0.4, -0.2) is 43.5 Å². The molecule has 0 radical (unpaired) electrons. The molecule has 0 saturated carbocycles. The average molecular weight is 419 g/mol. The Balaban J connectivity index is 1.67. The van der Waals surface area contributed by atoms with Crippen molar-refractivity contribution in [1.82, 2.24) is 10.2 Å². The molecule has 0 aliphatic rings. The highest BCUT2D eigenvalue weighted by molar-refractivity contribution is 9.10. The smallest absolute Gasteiger partial charge is 0.251 e. The zero-order valence-electron chi connectivity index (χ0n) is 15.0. The van der Waals surface area contributed by atoms with Gasteiger partial charge in [0.2, 0.25) is 5.91 Å². The number of likely N-dealkylation sites (N-methyl/N-ethyl adjacent to an activating group) is 1. The SMILES string of the molecule is Cc1ccccc1C(=O)NCCC(=O)N(C)CCOc1ccc(Br)cc1. The summed E-state index contributed by atoms with van der Waals surface area (Å²) in [4.78, 5) is 25.8. The van der Waals surface area contributed by atoms with Crippen LogP contribution in [0.1, 0.15) is 22.3 Å². The van der Waals surface area contributed by atoms with Crippen molar-refractivity contribution in [2.45, 2.75) is 13.3 Å². The van der Waals surface area contributed by atoms with Gasteiger partial charge < -0.3 is 15.0 Å². The molecule has 1 N–H and O–H groups in total. The normalized spacial score (nSPS) is 10.3. The molecule has 0 atom stereocenters. The molecule has 26 heavy (non-hydrogen) atoms. The standard InChI is InChI=1S/C20H23BrN2O3/c1-15-5-3-4-6-18(15)20(25)22-12-11-19(24)23(2)13-14-26-17-9-7-16(21)8-10-17/h3-10H,11-14H2,1-2H3,(H,22,25). The molecule has 6 heteroatoms. The van der Waals surface area contributed by atoms with Crippen molar-refractivity contribution in [1.29, 1.82) is 0 Å². The van der Waals surface area contributed by atoms with Gasteiger partial charge in [-0.05, 0) is 42.8 Å². The predicted molar refractivity (Wildman–Crippen MR) is 105 cm³/mol. The number of hydrogen-bond acceptors (Lipinski definition) is 3. The second kappa shape index (κ2) is 9.97. The maximum absolute atomic E-state index is 12.1. The third-order valence-electron chi connectivity index (χ3n) is 3.95. The largest absolute Gasteiger partial charge is 0.492 e. The Bertz CT molecular complexity index is 747. The molecule has 0 unspecified atom stereocenters. The molecule has 5 nitrogen and oxygen atoms in total. The number of ether oxygens (including phenoxy) is 1. The van der Waals surface area contributed by atoms with Crippen molar-refractivity contribution in [3.05, 3.63) is 64.1 Å². The van der Waals surface area contributed by atoms with Crippen LogP contribution in [0, 0.1) is 6.92 Å². The summed E-state index contributed by atoms with van der Waals surface area (Å²) in [5, 5.41) is 2.79. The lowest BCUT2D eigenvalue weighted by Gasteiger charge is -2.18. The lowest BCUT2D eigenvalue weighted by Crippen LogP contribution is -2.34. The summed E-state index contributed by atoms with van der Waals surface area (Å²) in [6.07, 6.45) is 0.256. The highest BCUT2D eigenvalue weighted by atomic mass is 79.9. The molecule has 0 spiro atoms. The van der Waals surface area contributed by atoms with Gasteiger partial charge in [-0.3, -0.25) is 9.59 Å². The molecule has 2 amide bonds. The van der Waals surface area contributed by atoms with Crippen LogP contribution >= 0.6 is 15.9 Å². The molecule has 0 bridgehead atoms. The Morgan fingerprint density at radius 1 is 1.12 bits per heavy atom. The van der Waals surface area contributed by atoms with Gasteiger partial charge in [0, 0.05) is 30.0 Å². The quantitative estimate of drug-likeness (QED) is 0.714. The minimum absolute atomic E-state index is 0.0329. The summed E-state index contributed by atoms with van der Waals surface area (Å²) in [7, 11) is 1.73. The fraction of sp³-hybridized carbons (Fsp3) is 0.300. The van der Waals surface area contributed by atoms with E-state index in [4.69, 9.17) is 4.74 Å². The van der Waals surface area contributed by atoms with Gasteiger partial charge in [0.15, 0.2) is 0 Å². The zero-order chi connectivity index (χ0) is 18.9. The molecule has 2 rings (SSSR count). The monoisotopic (exact) mass is 418 g/mol. The number of amides is 2. The number of benzene rings is 2. The topological polar surface area (TPSA) is 58.6 Å². The van der Waals surface area contributed by atoms with Crippen LogP contribution in [0.4, 0.5) is 0 Å². The first kappa shape index (κ1) is 20.0. The number of hydrogen-bond donors (Lipinski definition) is 1. The van der Waals surface area contributed by atoms with E-state index in [1.165, 1.54) is 0 Å². The molecule has 0 heterocycles. The van der Waals surface area contributed by atoms with Crippen LogP contribution in [-0.2, 0) is 4.79 Å². The minimum atomic E-state index is -0.155. The number of nitrogens with zero attached hydrogens (tertiary/aromatic N) is 1. The Labute approximate surface area is 162 Å². The van der Waals surface area contributed by atoms with Gasteiger partial charge in [0.05, 0.1) is 6.54 Å². The molecule has 138 valence electrons. The number of rotatable bonds is 8. The first-order valence-corrected chi connectivity index (χ1v) is 9.23. The summed E-state index contributed by atoms with van der Waals surface area (Å²) in [6, 6.07) is 14.9. The Kier molecular flexibility index (Phi) is 7.66. The van der Waals surface area contributed by atoms with Crippen LogP contribution in [0.2, 0.25) is 0 Å². The third-order valence-corrected chi connectivity index (χ3v) is 4.48. The Morgan fingerprint density at radius 2 is 1.81 bits per heavy atom. The zero-order valence-corrected chi connectivity index (χ0v) is 16.6. The van der Waals surface area contributed by atoms with Gasteiger partial charge in [-0.15, -0.1) is 0 Å². The summed E-state index contributed by atoms with van der Waals surface area (Å²) >= 11 is 3.37. The van der Waals surface area contributed by atoms with E-state index >= 15 is 0 Å². The van der Waals surface area contributed by atoms with Crippen molar-refractivity contribution >= 4 is 27.7 Å². The molecule has 0 saturated heterocycles. The van der Waals surface area contributed by atoms with Crippen LogP contribution in [0.25, 0.3) is 0 Å². The van der Waals surface area contributed by atoms with E-state index in [0.29, 0.717) is 25.3 Å². The van der Waals surface area contributed by atoms with E-state index in [9.17, 15) is 9.59 Å². The van der Waals surface area contributed by atoms with E-state index in [1.54, 1.807) is 18.0 Å². The maximum Gasteiger partial charge on any atom is 0.251 e. The molecule has 2 aromatic carbocycles. The molecular weight excluding hydrogens is 396 g/mol. The fourth-order valence-electron chi connectivity index (χ4n) is 2.35. The fourth-order valence-corrected chi connectivity index (χ4v) is 2.62. The van der Waals surface area contributed by atoms with Gasteiger partial charge in [0.1, 0.15) is 12.4 Å². The number of nitrogens with one attached hydrogen (secondary N) is 1. The lowest BCUT2D eigenvalue weighted by molar-refractivity contribution is -0.130. The maximum atomic E-state index is 12.1. The van der Waals surface area contributed by atoms with E-state index in [0.717, 1.165) is 15.8 Å². The van der Waals surface area contributed by atoms with Crippen molar-refractivity contribution in [3.63, 3.8) is 0 Å². The molecule has 0 aliphatic heterocycles. The van der Waals surface area contributed by atoms with Crippen LogP contribution in [0.15, 0.2) is 53.0 Å². The average Bonchev–Trinajstić information content (AvgIpc) is 2.63. The number of carbonyl (C=O) groups excluding carboxylic acids is 2. The Morgan fingerprint density at radius 3 is 2.50 bits per heavy atom. The highest BCUT2D eigenvalue weighted by Crippen LogP contribution is 2.15. The first-order chi connectivity index (χ1) is 12.5. The second-order valence-corrected chi connectivity index (χ2v) is 6.85. The van der Waals surface area contributed by atoms with E-state index < -0.39 is 0 Å². The minimum Gasteiger partial charge on any atom is -0.492 e. The number of halogens is 1. The van der Waals surface area contributed by atoms with Gasteiger partial charge in [-0.1, -0.05) is 34.1 Å². The molecule has 0 aromatic heterocycles.